The van der Waals surface area contributed by atoms with Gasteiger partial charge in [0.1, 0.15) is 11.5 Å². The number of carboxylic acid groups (broad SMARTS) is 2. The number of carbonyl (C=O) groups is 3. The number of carbonyl (C=O) groups excluding carboxylic acids is 1. The summed E-state index contributed by atoms with van der Waals surface area (Å²) in [6, 6.07) is 6.26. The Bertz CT molecular complexity index is 1650. The smallest absolute Gasteiger partial charge is 0.410 e. The maximum atomic E-state index is 11.9. The predicted octanol–water partition coefficient (Wildman–Crippen LogP) is 4.44. The van der Waals surface area contributed by atoms with Crippen molar-refractivity contribution >= 4 is 40.0 Å². The second-order valence-corrected chi connectivity index (χ2v) is 9.45. The van der Waals surface area contributed by atoms with Gasteiger partial charge in [-0.3, -0.25) is 0 Å². The number of benzene rings is 2. The summed E-state index contributed by atoms with van der Waals surface area (Å²) < 4.78 is 27.1. The van der Waals surface area contributed by atoms with Gasteiger partial charge < -0.3 is 43.5 Å². The zero-order valence-electron chi connectivity index (χ0n) is 22.9. The molecule has 0 saturated heterocycles. The molecule has 3 N–H and O–H groups in total. The molecule has 4 heterocycles. The molecule has 2 aliphatic heterocycles. The Balaban J connectivity index is 0.000000169. The Morgan fingerprint density at radius 2 is 1.44 bits per heavy atom. The fourth-order valence-electron chi connectivity index (χ4n) is 5.31. The van der Waals surface area contributed by atoms with Crippen molar-refractivity contribution < 1.29 is 47.6 Å². The average Bonchev–Trinajstić information content (AvgIpc) is 3.55. The fourth-order valence-corrected chi connectivity index (χ4v) is 5.31. The van der Waals surface area contributed by atoms with Crippen molar-refractivity contribution in [3.63, 3.8) is 0 Å². The van der Waals surface area contributed by atoms with E-state index in [1.807, 2.05) is 0 Å². The molecule has 0 radical (unpaired) electrons. The third kappa shape index (κ3) is 5.02. The SMILES string of the molecule is CCOC(=O)N1CCc2oc3c(OC)ccc(C(=O)O)c3c2C1.COc1ccc(C(=O)O)c2c3c(oc12)CCNC3. The lowest BCUT2D eigenvalue weighted by molar-refractivity contribution is 0.0688. The van der Waals surface area contributed by atoms with Crippen LogP contribution in [0.4, 0.5) is 4.79 Å². The molecule has 0 atom stereocenters. The summed E-state index contributed by atoms with van der Waals surface area (Å²) in [7, 11) is 3.05. The van der Waals surface area contributed by atoms with Crippen LogP contribution in [-0.4, -0.2) is 67.1 Å². The van der Waals surface area contributed by atoms with E-state index in [2.05, 4.69) is 5.32 Å². The minimum absolute atomic E-state index is 0.136. The van der Waals surface area contributed by atoms with Crippen LogP contribution in [0.25, 0.3) is 21.9 Å². The van der Waals surface area contributed by atoms with E-state index in [-0.39, 0.29) is 17.7 Å². The van der Waals surface area contributed by atoms with Gasteiger partial charge in [0.25, 0.3) is 0 Å². The maximum absolute atomic E-state index is 11.9. The standard InChI is InChI=1S/C16H17NO6.C13H13NO4/c1-3-22-16(20)17-7-6-11-10(8-17)13-9(15(18)19)4-5-12(21-2)14(13)23-11;1-17-10-3-2-7(13(15)16)11-8-6-14-5-4-9(8)18-12(10)11/h4-5H,3,6-8H2,1-2H3,(H,18,19);2-3,14H,4-6H2,1H3,(H,15,16). The number of fused-ring (bicyclic) bond motifs is 6. The number of methoxy groups -OCH3 is 2. The lowest BCUT2D eigenvalue weighted by Gasteiger charge is -2.25. The van der Waals surface area contributed by atoms with Crippen LogP contribution in [0.5, 0.6) is 11.5 Å². The number of nitrogens with one attached hydrogen (secondary N) is 1. The molecule has 0 bridgehead atoms. The van der Waals surface area contributed by atoms with Gasteiger partial charge in [-0.15, -0.1) is 0 Å². The Kier molecular flexibility index (Phi) is 7.75. The molecule has 0 unspecified atom stereocenters. The summed E-state index contributed by atoms with van der Waals surface area (Å²) in [6.45, 7) is 4.24. The van der Waals surface area contributed by atoms with Crippen molar-refractivity contribution in [1.82, 2.24) is 10.2 Å². The summed E-state index contributed by atoms with van der Waals surface area (Å²) in [4.78, 5) is 36.3. The third-order valence-electron chi connectivity index (χ3n) is 7.19. The number of ether oxygens (including phenoxy) is 3. The number of nitrogens with zero attached hydrogens (tertiary/aromatic N) is 1. The minimum atomic E-state index is -1.05. The molecule has 0 aliphatic carbocycles. The Hall–Kier alpha value is -4.71. The van der Waals surface area contributed by atoms with Gasteiger partial charge in [-0.25, -0.2) is 14.4 Å². The highest BCUT2D eigenvalue weighted by Crippen LogP contribution is 2.39. The molecule has 12 heteroatoms. The van der Waals surface area contributed by atoms with Crippen LogP contribution in [-0.2, 0) is 30.7 Å². The lowest BCUT2D eigenvalue weighted by Crippen LogP contribution is -2.36. The van der Waals surface area contributed by atoms with Crippen molar-refractivity contribution in [2.75, 3.05) is 33.9 Å². The Labute approximate surface area is 234 Å². The van der Waals surface area contributed by atoms with Gasteiger partial charge in [0.05, 0.1) is 38.5 Å². The number of rotatable bonds is 5. The molecular formula is C29H30N2O10. The maximum Gasteiger partial charge on any atom is 0.410 e. The van der Waals surface area contributed by atoms with E-state index in [1.165, 1.54) is 13.2 Å². The molecule has 216 valence electrons. The number of carboxylic acids is 2. The highest BCUT2D eigenvalue weighted by atomic mass is 16.6. The first-order chi connectivity index (χ1) is 19.8. The van der Waals surface area contributed by atoms with Gasteiger partial charge in [0.15, 0.2) is 22.7 Å². The van der Waals surface area contributed by atoms with Crippen LogP contribution < -0.4 is 14.8 Å². The third-order valence-corrected chi connectivity index (χ3v) is 7.19. The molecule has 2 aromatic heterocycles. The molecule has 2 aromatic carbocycles. The van der Waals surface area contributed by atoms with Gasteiger partial charge in [-0.05, 0) is 31.2 Å². The summed E-state index contributed by atoms with van der Waals surface area (Å²) in [5.41, 5.74) is 2.98. The highest BCUT2D eigenvalue weighted by Gasteiger charge is 2.30. The largest absolute Gasteiger partial charge is 0.493 e. The molecular weight excluding hydrogens is 536 g/mol. The summed E-state index contributed by atoms with van der Waals surface area (Å²) in [5.74, 6) is 0.598. The number of amides is 1. The monoisotopic (exact) mass is 566 g/mol. The molecule has 12 nitrogen and oxygen atoms in total. The molecule has 0 saturated carbocycles. The van der Waals surface area contributed by atoms with E-state index >= 15 is 0 Å². The molecule has 4 aromatic rings. The van der Waals surface area contributed by atoms with Crippen LogP contribution in [0.15, 0.2) is 33.1 Å². The molecule has 0 spiro atoms. The fraction of sp³-hybridized carbons (Fsp3) is 0.345. The van der Waals surface area contributed by atoms with Crippen LogP contribution in [0.2, 0.25) is 0 Å². The quantitative estimate of drug-likeness (QED) is 0.313. The first kappa shape index (κ1) is 27.8. The van der Waals surface area contributed by atoms with E-state index < -0.39 is 18.0 Å². The number of hydrogen-bond acceptors (Lipinski definition) is 9. The molecule has 2 aliphatic rings. The minimum Gasteiger partial charge on any atom is -0.493 e. The summed E-state index contributed by atoms with van der Waals surface area (Å²) in [6.07, 6.45) is 0.865. The van der Waals surface area contributed by atoms with Crippen molar-refractivity contribution in [2.24, 2.45) is 0 Å². The molecule has 0 fully saturated rings. The van der Waals surface area contributed by atoms with Crippen LogP contribution in [0.3, 0.4) is 0 Å². The summed E-state index contributed by atoms with van der Waals surface area (Å²) >= 11 is 0. The van der Waals surface area contributed by atoms with Gasteiger partial charge >= 0.3 is 18.0 Å². The Morgan fingerprint density at radius 1 is 0.878 bits per heavy atom. The van der Waals surface area contributed by atoms with E-state index in [0.717, 1.165) is 24.3 Å². The topological polar surface area (TPSA) is 161 Å². The zero-order valence-corrected chi connectivity index (χ0v) is 22.9. The van der Waals surface area contributed by atoms with Gasteiger partial charge in [-0.2, -0.15) is 0 Å². The van der Waals surface area contributed by atoms with Crippen molar-refractivity contribution in [3.8, 4) is 11.5 Å². The second-order valence-electron chi connectivity index (χ2n) is 9.45. The zero-order chi connectivity index (χ0) is 29.3. The van der Waals surface area contributed by atoms with Gasteiger partial charge in [0, 0.05) is 54.4 Å². The van der Waals surface area contributed by atoms with Crippen molar-refractivity contribution in [3.05, 3.63) is 58.0 Å². The second kappa shape index (κ2) is 11.4. The lowest BCUT2D eigenvalue weighted by atomic mass is 10.0. The number of furan rings is 2. The van der Waals surface area contributed by atoms with Gasteiger partial charge in [-0.1, -0.05) is 0 Å². The van der Waals surface area contributed by atoms with Crippen molar-refractivity contribution in [1.29, 1.82) is 0 Å². The normalized spacial score (nSPS) is 14.1. The number of aromatic carboxylic acids is 2. The van der Waals surface area contributed by atoms with E-state index in [9.17, 15) is 24.6 Å². The van der Waals surface area contributed by atoms with Crippen LogP contribution in [0, 0.1) is 0 Å². The Morgan fingerprint density at radius 3 is 1.98 bits per heavy atom. The van der Waals surface area contributed by atoms with E-state index in [0.29, 0.717) is 70.9 Å². The van der Waals surface area contributed by atoms with Crippen LogP contribution >= 0.6 is 0 Å². The van der Waals surface area contributed by atoms with E-state index in [1.54, 1.807) is 37.1 Å². The molecule has 1 amide bonds. The summed E-state index contributed by atoms with van der Waals surface area (Å²) in [5, 5.41) is 23.1. The predicted molar refractivity (Wildman–Crippen MR) is 146 cm³/mol. The first-order valence-corrected chi connectivity index (χ1v) is 13.1. The molecule has 6 rings (SSSR count). The van der Waals surface area contributed by atoms with Gasteiger partial charge in [0.2, 0.25) is 0 Å². The van der Waals surface area contributed by atoms with Crippen molar-refractivity contribution in [2.45, 2.75) is 32.9 Å². The highest BCUT2D eigenvalue weighted by molar-refractivity contribution is 6.06. The average molecular weight is 567 g/mol. The van der Waals surface area contributed by atoms with Crippen LogP contribution in [0.1, 0.15) is 50.3 Å². The van der Waals surface area contributed by atoms with E-state index in [4.69, 9.17) is 23.0 Å². The first-order valence-electron chi connectivity index (χ1n) is 13.1. The molecule has 41 heavy (non-hydrogen) atoms. The number of hydrogen-bond donors (Lipinski definition) is 3.